The molecule has 86 valence electrons. The third-order valence-electron chi connectivity index (χ3n) is 3.22. The average Bonchev–Trinajstić information content (AvgIpc) is 2.56. The lowest BCUT2D eigenvalue weighted by molar-refractivity contribution is 0.0564. The molecule has 3 nitrogen and oxygen atoms in total. The summed E-state index contributed by atoms with van der Waals surface area (Å²) in [6, 6.07) is 0. The monoisotopic (exact) mass is 210 g/mol. The summed E-state index contributed by atoms with van der Waals surface area (Å²) in [5.74, 6) is 1.93. The molecule has 0 amide bonds. The van der Waals surface area contributed by atoms with Gasteiger partial charge in [-0.05, 0) is 31.6 Å². The van der Waals surface area contributed by atoms with Gasteiger partial charge in [0.15, 0.2) is 0 Å². The van der Waals surface area contributed by atoms with Crippen molar-refractivity contribution < 1.29 is 4.74 Å². The Morgan fingerprint density at radius 1 is 1.27 bits per heavy atom. The minimum Gasteiger partial charge on any atom is -0.381 e. The minimum absolute atomic E-state index is 0.699. The number of aliphatic imine (C=N–C) groups is 1. The smallest absolute Gasteiger partial charge is 0.0963 e. The van der Waals surface area contributed by atoms with Crippen molar-refractivity contribution in [2.24, 2.45) is 10.9 Å². The van der Waals surface area contributed by atoms with Gasteiger partial charge in [0.1, 0.15) is 0 Å². The molecule has 1 saturated heterocycles. The Hall–Kier alpha value is -0.570. The quantitative estimate of drug-likeness (QED) is 0.756. The van der Waals surface area contributed by atoms with Crippen LogP contribution in [0.3, 0.4) is 0 Å². The maximum Gasteiger partial charge on any atom is 0.0963 e. The van der Waals surface area contributed by atoms with Gasteiger partial charge in [-0.3, -0.25) is 4.99 Å². The van der Waals surface area contributed by atoms with E-state index in [1.165, 1.54) is 37.9 Å². The Bertz CT molecular complexity index is 210. The predicted molar refractivity (Wildman–Crippen MR) is 62.3 cm³/mol. The SMILES string of the molecule is C1CCN=C(NCC2CCCOC2)CC1. The van der Waals surface area contributed by atoms with Crippen LogP contribution in [0.5, 0.6) is 0 Å². The first-order chi connectivity index (χ1) is 7.45. The van der Waals surface area contributed by atoms with Crippen LogP contribution in [0.4, 0.5) is 0 Å². The molecule has 15 heavy (non-hydrogen) atoms. The van der Waals surface area contributed by atoms with Crippen molar-refractivity contribution in [3.05, 3.63) is 0 Å². The van der Waals surface area contributed by atoms with E-state index in [-0.39, 0.29) is 0 Å². The largest absolute Gasteiger partial charge is 0.381 e. The van der Waals surface area contributed by atoms with Crippen molar-refractivity contribution in [2.75, 3.05) is 26.3 Å². The summed E-state index contributed by atoms with van der Waals surface area (Å²) in [5, 5.41) is 3.50. The molecule has 1 atom stereocenters. The number of hydrogen-bond acceptors (Lipinski definition) is 3. The zero-order chi connectivity index (χ0) is 10.3. The zero-order valence-corrected chi connectivity index (χ0v) is 9.50. The molecule has 0 aliphatic carbocycles. The number of hydrogen-bond donors (Lipinski definition) is 1. The lowest BCUT2D eigenvalue weighted by Crippen LogP contribution is -2.33. The molecule has 0 bridgehead atoms. The summed E-state index contributed by atoms with van der Waals surface area (Å²) in [4.78, 5) is 4.57. The Kier molecular flexibility index (Phi) is 4.45. The van der Waals surface area contributed by atoms with Gasteiger partial charge in [-0.25, -0.2) is 0 Å². The van der Waals surface area contributed by atoms with Crippen LogP contribution in [0.1, 0.15) is 38.5 Å². The van der Waals surface area contributed by atoms with E-state index >= 15 is 0 Å². The number of rotatable bonds is 2. The van der Waals surface area contributed by atoms with Gasteiger partial charge >= 0.3 is 0 Å². The van der Waals surface area contributed by atoms with Crippen molar-refractivity contribution >= 4 is 5.84 Å². The second-order valence-electron chi connectivity index (χ2n) is 4.60. The fraction of sp³-hybridized carbons (Fsp3) is 0.917. The lowest BCUT2D eigenvalue weighted by Gasteiger charge is -2.23. The van der Waals surface area contributed by atoms with E-state index < -0.39 is 0 Å². The third-order valence-corrected chi connectivity index (χ3v) is 3.22. The van der Waals surface area contributed by atoms with Crippen molar-refractivity contribution in [1.82, 2.24) is 5.32 Å². The molecule has 2 rings (SSSR count). The average molecular weight is 210 g/mol. The molecule has 0 saturated carbocycles. The highest BCUT2D eigenvalue weighted by molar-refractivity contribution is 5.82. The van der Waals surface area contributed by atoms with Crippen LogP contribution >= 0.6 is 0 Å². The van der Waals surface area contributed by atoms with E-state index in [2.05, 4.69) is 10.3 Å². The van der Waals surface area contributed by atoms with Crippen molar-refractivity contribution in [2.45, 2.75) is 38.5 Å². The lowest BCUT2D eigenvalue weighted by atomic mass is 10.0. The van der Waals surface area contributed by atoms with Crippen LogP contribution in [-0.4, -0.2) is 32.1 Å². The topological polar surface area (TPSA) is 33.6 Å². The molecule has 1 unspecified atom stereocenters. The summed E-state index contributed by atoms with van der Waals surface area (Å²) in [5.41, 5.74) is 0. The number of nitrogens with one attached hydrogen (secondary N) is 1. The second kappa shape index (κ2) is 6.11. The summed E-state index contributed by atoms with van der Waals surface area (Å²) in [6.07, 6.45) is 7.57. The van der Waals surface area contributed by atoms with E-state index in [1.807, 2.05) is 0 Å². The van der Waals surface area contributed by atoms with Gasteiger partial charge in [0.2, 0.25) is 0 Å². The van der Waals surface area contributed by atoms with Crippen LogP contribution < -0.4 is 5.32 Å². The third kappa shape index (κ3) is 3.82. The first kappa shape index (κ1) is 10.9. The van der Waals surface area contributed by atoms with Gasteiger partial charge in [-0.15, -0.1) is 0 Å². The van der Waals surface area contributed by atoms with Gasteiger partial charge in [-0.2, -0.15) is 0 Å². The van der Waals surface area contributed by atoms with Gasteiger partial charge < -0.3 is 10.1 Å². The van der Waals surface area contributed by atoms with Gasteiger partial charge in [0.05, 0.1) is 12.4 Å². The molecule has 1 N–H and O–H groups in total. The Morgan fingerprint density at radius 2 is 2.27 bits per heavy atom. The summed E-state index contributed by atoms with van der Waals surface area (Å²) in [7, 11) is 0. The molecular weight excluding hydrogens is 188 g/mol. The summed E-state index contributed by atoms with van der Waals surface area (Å²) >= 11 is 0. The first-order valence-electron chi connectivity index (χ1n) is 6.30. The maximum absolute atomic E-state index is 5.47. The molecule has 0 aromatic heterocycles. The van der Waals surface area contributed by atoms with Crippen LogP contribution in [0.15, 0.2) is 4.99 Å². The van der Waals surface area contributed by atoms with E-state index in [9.17, 15) is 0 Å². The summed E-state index contributed by atoms with van der Waals surface area (Å²) < 4.78 is 5.47. The van der Waals surface area contributed by atoms with Crippen molar-refractivity contribution in [1.29, 1.82) is 0 Å². The van der Waals surface area contributed by atoms with Crippen LogP contribution in [0.25, 0.3) is 0 Å². The fourth-order valence-electron chi connectivity index (χ4n) is 2.25. The van der Waals surface area contributed by atoms with Crippen LogP contribution in [-0.2, 0) is 4.74 Å². The Morgan fingerprint density at radius 3 is 3.13 bits per heavy atom. The van der Waals surface area contributed by atoms with E-state index in [4.69, 9.17) is 4.74 Å². The van der Waals surface area contributed by atoms with Gasteiger partial charge in [-0.1, -0.05) is 6.42 Å². The van der Waals surface area contributed by atoms with E-state index in [0.29, 0.717) is 5.92 Å². The highest BCUT2D eigenvalue weighted by Crippen LogP contribution is 2.13. The standard InChI is InChI=1S/C12H22N2O/c1-2-6-12(13-7-3-1)14-9-11-5-4-8-15-10-11/h11H,1-10H2,(H,13,14). The molecule has 0 aromatic carbocycles. The molecule has 1 fully saturated rings. The van der Waals surface area contributed by atoms with Crippen LogP contribution in [0, 0.1) is 5.92 Å². The van der Waals surface area contributed by atoms with Crippen molar-refractivity contribution in [3.8, 4) is 0 Å². The Labute approximate surface area is 92.3 Å². The van der Waals surface area contributed by atoms with Gasteiger partial charge in [0, 0.05) is 26.1 Å². The molecule has 0 aromatic rings. The number of ether oxygens (including phenoxy) is 1. The minimum atomic E-state index is 0.699. The van der Waals surface area contributed by atoms with E-state index in [1.54, 1.807) is 0 Å². The van der Waals surface area contributed by atoms with Crippen molar-refractivity contribution in [3.63, 3.8) is 0 Å². The molecule has 2 aliphatic heterocycles. The number of nitrogens with zero attached hydrogens (tertiary/aromatic N) is 1. The predicted octanol–water partition coefficient (Wildman–Crippen LogP) is 1.98. The summed E-state index contributed by atoms with van der Waals surface area (Å²) in [6.45, 7) is 3.96. The molecule has 2 heterocycles. The first-order valence-corrected chi connectivity index (χ1v) is 6.30. The highest BCUT2D eigenvalue weighted by Gasteiger charge is 2.14. The molecule has 0 radical (unpaired) electrons. The molecule has 0 spiro atoms. The maximum atomic E-state index is 5.47. The van der Waals surface area contributed by atoms with E-state index in [0.717, 1.165) is 32.7 Å². The fourth-order valence-corrected chi connectivity index (χ4v) is 2.25. The number of amidine groups is 1. The highest BCUT2D eigenvalue weighted by atomic mass is 16.5. The molecular formula is C12H22N2O. The zero-order valence-electron chi connectivity index (χ0n) is 9.50. The van der Waals surface area contributed by atoms with Gasteiger partial charge in [0.25, 0.3) is 0 Å². The Balaban J connectivity index is 1.69. The molecule has 2 aliphatic rings. The normalized spacial score (nSPS) is 28.0. The van der Waals surface area contributed by atoms with Crippen LogP contribution in [0.2, 0.25) is 0 Å². The second-order valence-corrected chi connectivity index (χ2v) is 4.60. The molecule has 3 heteroatoms.